The van der Waals surface area contributed by atoms with E-state index in [9.17, 15) is 9.90 Å². The average molecular weight is 440 g/mol. The monoisotopic (exact) mass is 438 g/mol. The molecule has 3 rings (SSSR count). The molecule has 0 radical (unpaired) electrons. The molecule has 1 fully saturated rings. The number of carbonyl (C=O) groups excluding carboxylic acids is 1. The number of benzene rings is 2. The van der Waals surface area contributed by atoms with Gasteiger partial charge in [-0.3, -0.25) is 4.79 Å². The minimum absolute atomic E-state index is 0.0122. The van der Waals surface area contributed by atoms with E-state index in [1.807, 2.05) is 0 Å². The van der Waals surface area contributed by atoms with Crippen molar-refractivity contribution < 1.29 is 14.6 Å². The summed E-state index contributed by atoms with van der Waals surface area (Å²) in [4.78, 5) is 17.0. The number of carbonyl (C=O) groups is 1. The molecule has 0 bridgehead atoms. The molecule has 1 amide bonds. The number of aromatic hydroxyl groups is 1. The number of thioether (sulfide) groups is 1. The van der Waals surface area contributed by atoms with Crippen LogP contribution in [0.4, 0.5) is 5.69 Å². The normalized spacial score (nSPS) is 17.2. The van der Waals surface area contributed by atoms with E-state index in [2.05, 4.69) is 26.2 Å². The molecule has 1 aliphatic rings. The lowest BCUT2D eigenvalue weighted by Crippen LogP contribution is -2.19. The van der Waals surface area contributed by atoms with Crippen LogP contribution in [0.1, 0.15) is 5.56 Å². The van der Waals surface area contributed by atoms with Crippen LogP contribution in [-0.4, -0.2) is 23.3 Å². The van der Waals surface area contributed by atoms with Crippen molar-refractivity contribution in [2.75, 3.05) is 7.11 Å². The van der Waals surface area contributed by atoms with E-state index in [1.165, 1.54) is 18.9 Å². The van der Waals surface area contributed by atoms with Crippen LogP contribution in [0.3, 0.4) is 0 Å². The Morgan fingerprint density at radius 1 is 1.32 bits per heavy atom. The van der Waals surface area contributed by atoms with Crippen LogP contribution in [-0.2, 0) is 4.79 Å². The number of phenols is 1. The van der Waals surface area contributed by atoms with Gasteiger partial charge in [-0.1, -0.05) is 11.6 Å². The first-order valence-corrected chi connectivity index (χ1v) is 9.06. The van der Waals surface area contributed by atoms with Crippen molar-refractivity contribution in [3.05, 3.63) is 56.4 Å². The molecule has 2 aromatic carbocycles. The molecule has 0 unspecified atom stereocenters. The highest BCUT2D eigenvalue weighted by molar-refractivity contribution is 9.10. The zero-order valence-electron chi connectivity index (χ0n) is 12.9. The maximum absolute atomic E-state index is 12.1. The molecule has 0 aromatic heterocycles. The van der Waals surface area contributed by atoms with Crippen molar-refractivity contribution in [3.8, 4) is 11.5 Å². The lowest BCUT2D eigenvalue weighted by atomic mass is 10.2. The van der Waals surface area contributed by atoms with Crippen molar-refractivity contribution in [1.29, 1.82) is 0 Å². The number of nitrogens with zero attached hydrogens (tertiary/aromatic N) is 1. The Hall–Kier alpha value is -1.96. The molecule has 2 aromatic rings. The standard InChI is InChI=1S/C17H12BrClN2O3S/c1-24-13-7-9(6-12(18)15(13)22)8-14-16(23)21-17(25-14)20-11-4-2-10(19)3-5-11/h2-8,22H,1H3,(H,20,21,23)/b14-8-. The van der Waals surface area contributed by atoms with Gasteiger partial charge in [0.1, 0.15) is 0 Å². The summed E-state index contributed by atoms with van der Waals surface area (Å²) in [5.41, 5.74) is 1.41. The number of methoxy groups -OCH3 is 1. The summed E-state index contributed by atoms with van der Waals surface area (Å²) in [6.45, 7) is 0. The number of rotatable bonds is 3. The number of amides is 1. The van der Waals surface area contributed by atoms with Crippen LogP contribution in [0.15, 0.2) is 50.8 Å². The topological polar surface area (TPSA) is 70.9 Å². The summed E-state index contributed by atoms with van der Waals surface area (Å²) >= 11 is 10.3. The third kappa shape index (κ3) is 4.18. The predicted molar refractivity (Wildman–Crippen MR) is 105 cm³/mol. The Balaban J connectivity index is 1.86. The summed E-state index contributed by atoms with van der Waals surface area (Å²) in [7, 11) is 1.46. The lowest BCUT2D eigenvalue weighted by molar-refractivity contribution is -0.115. The highest BCUT2D eigenvalue weighted by atomic mass is 79.9. The number of aliphatic imine (C=N–C) groups is 1. The van der Waals surface area contributed by atoms with E-state index < -0.39 is 0 Å². The van der Waals surface area contributed by atoms with Gasteiger partial charge in [-0.2, -0.15) is 0 Å². The Bertz CT molecular complexity index is 898. The fourth-order valence-electron chi connectivity index (χ4n) is 2.10. The van der Waals surface area contributed by atoms with Crippen molar-refractivity contribution in [2.45, 2.75) is 0 Å². The molecule has 0 aliphatic carbocycles. The number of amidine groups is 1. The second kappa shape index (κ2) is 7.51. The van der Waals surface area contributed by atoms with Gasteiger partial charge < -0.3 is 15.2 Å². The van der Waals surface area contributed by atoms with Gasteiger partial charge in [0.25, 0.3) is 5.91 Å². The maximum Gasteiger partial charge on any atom is 0.264 e. The van der Waals surface area contributed by atoms with Gasteiger partial charge in [0.15, 0.2) is 16.7 Å². The molecular formula is C17H12BrClN2O3S. The first-order chi connectivity index (χ1) is 12.0. The largest absolute Gasteiger partial charge is 0.503 e. The number of phenolic OH excluding ortho intramolecular Hbond substituents is 1. The SMILES string of the molecule is COc1cc(/C=C2\SC(=Nc3ccc(Cl)cc3)NC2=O)cc(Br)c1O. The van der Waals surface area contributed by atoms with Gasteiger partial charge in [-0.25, -0.2) is 4.99 Å². The van der Waals surface area contributed by atoms with Gasteiger partial charge in [-0.05, 0) is 75.7 Å². The van der Waals surface area contributed by atoms with E-state index in [0.717, 1.165) is 0 Å². The van der Waals surface area contributed by atoms with Crippen LogP contribution < -0.4 is 10.1 Å². The molecule has 128 valence electrons. The third-order valence-corrected chi connectivity index (χ3v) is 5.04. The fourth-order valence-corrected chi connectivity index (χ4v) is 3.53. The minimum Gasteiger partial charge on any atom is -0.503 e. The van der Waals surface area contributed by atoms with Crippen LogP contribution in [0.2, 0.25) is 5.02 Å². The molecule has 25 heavy (non-hydrogen) atoms. The molecule has 2 N–H and O–H groups in total. The van der Waals surface area contributed by atoms with Gasteiger partial charge >= 0.3 is 0 Å². The van der Waals surface area contributed by atoms with E-state index >= 15 is 0 Å². The van der Waals surface area contributed by atoms with Crippen LogP contribution in [0.5, 0.6) is 11.5 Å². The summed E-state index contributed by atoms with van der Waals surface area (Å²) in [5.74, 6) is 0.0960. The summed E-state index contributed by atoms with van der Waals surface area (Å²) in [6, 6.07) is 10.4. The van der Waals surface area contributed by atoms with Crippen molar-refractivity contribution in [3.63, 3.8) is 0 Å². The van der Waals surface area contributed by atoms with Crippen LogP contribution in [0.25, 0.3) is 6.08 Å². The Labute approximate surface area is 161 Å². The quantitative estimate of drug-likeness (QED) is 0.680. The van der Waals surface area contributed by atoms with E-state index in [-0.39, 0.29) is 11.7 Å². The zero-order valence-corrected chi connectivity index (χ0v) is 16.1. The lowest BCUT2D eigenvalue weighted by Gasteiger charge is -2.06. The molecule has 1 saturated heterocycles. The molecular weight excluding hydrogens is 428 g/mol. The number of hydrogen-bond acceptors (Lipinski definition) is 5. The van der Waals surface area contributed by atoms with E-state index in [0.29, 0.717) is 36.6 Å². The third-order valence-electron chi connectivity index (χ3n) is 3.28. The van der Waals surface area contributed by atoms with Gasteiger partial charge in [0.05, 0.1) is 22.2 Å². The number of ether oxygens (including phenoxy) is 1. The first kappa shape index (κ1) is 17.8. The summed E-state index contributed by atoms with van der Waals surface area (Å²) in [5, 5.41) is 13.7. The van der Waals surface area contributed by atoms with Crippen molar-refractivity contribution in [2.24, 2.45) is 4.99 Å². The second-order valence-electron chi connectivity index (χ2n) is 5.01. The Morgan fingerprint density at radius 2 is 2.04 bits per heavy atom. The van der Waals surface area contributed by atoms with Crippen molar-refractivity contribution >= 4 is 62.1 Å². The number of hydrogen-bond donors (Lipinski definition) is 2. The average Bonchev–Trinajstić information content (AvgIpc) is 2.92. The maximum atomic E-state index is 12.1. The number of nitrogens with one attached hydrogen (secondary N) is 1. The van der Waals surface area contributed by atoms with E-state index in [1.54, 1.807) is 42.5 Å². The Morgan fingerprint density at radius 3 is 2.72 bits per heavy atom. The predicted octanol–water partition coefficient (Wildman–Crippen LogP) is 4.71. The summed E-state index contributed by atoms with van der Waals surface area (Å²) in [6.07, 6.45) is 1.71. The van der Waals surface area contributed by atoms with Gasteiger partial charge in [0.2, 0.25) is 0 Å². The van der Waals surface area contributed by atoms with Crippen LogP contribution in [0, 0.1) is 0 Å². The molecule has 5 nitrogen and oxygen atoms in total. The zero-order chi connectivity index (χ0) is 18.0. The smallest absolute Gasteiger partial charge is 0.264 e. The molecule has 0 atom stereocenters. The molecule has 0 spiro atoms. The van der Waals surface area contributed by atoms with Crippen LogP contribution >= 0.6 is 39.3 Å². The van der Waals surface area contributed by atoms with E-state index in [4.69, 9.17) is 16.3 Å². The highest BCUT2D eigenvalue weighted by Crippen LogP contribution is 2.37. The second-order valence-corrected chi connectivity index (χ2v) is 7.33. The fraction of sp³-hybridized carbons (Fsp3) is 0.0588. The Kier molecular flexibility index (Phi) is 5.36. The summed E-state index contributed by atoms with van der Waals surface area (Å²) < 4.78 is 5.60. The van der Waals surface area contributed by atoms with Gasteiger partial charge in [-0.15, -0.1) is 0 Å². The first-order valence-electron chi connectivity index (χ1n) is 7.08. The molecule has 0 saturated carbocycles. The van der Waals surface area contributed by atoms with Gasteiger partial charge in [0, 0.05) is 5.02 Å². The molecule has 8 heteroatoms. The number of halogens is 2. The highest BCUT2D eigenvalue weighted by Gasteiger charge is 2.24. The molecule has 1 aliphatic heterocycles. The van der Waals surface area contributed by atoms with Crippen molar-refractivity contribution in [1.82, 2.24) is 5.32 Å². The minimum atomic E-state index is -0.235. The molecule has 1 heterocycles.